The van der Waals surface area contributed by atoms with Crippen LogP contribution in [0.1, 0.15) is 5.56 Å². The third-order valence-corrected chi connectivity index (χ3v) is 2.00. The van der Waals surface area contributed by atoms with E-state index in [2.05, 4.69) is 0 Å². The fourth-order valence-corrected chi connectivity index (χ4v) is 1.37. The Kier molecular flexibility index (Phi) is 2.15. The molecule has 0 aliphatic carbocycles. The van der Waals surface area contributed by atoms with E-state index < -0.39 is 0 Å². The van der Waals surface area contributed by atoms with Crippen molar-refractivity contribution in [2.75, 3.05) is 20.3 Å². The molecule has 1 aliphatic rings. The van der Waals surface area contributed by atoms with Crippen LogP contribution >= 0.6 is 0 Å². The smallest absolute Gasteiger partial charge is 0.182 e. The summed E-state index contributed by atoms with van der Waals surface area (Å²) in [7, 11) is 1.52. The average molecular weight is 191 g/mol. The lowest BCUT2D eigenvalue weighted by molar-refractivity contribution is 0.170. The first-order valence-electron chi connectivity index (χ1n) is 4.23. The molecule has 0 saturated heterocycles. The number of benzene rings is 1. The molecule has 1 aromatic rings. The van der Waals surface area contributed by atoms with Crippen molar-refractivity contribution in [2.24, 2.45) is 0 Å². The summed E-state index contributed by atoms with van der Waals surface area (Å²) >= 11 is 0. The minimum Gasteiger partial charge on any atom is -0.495 e. The number of methoxy groups -OCH3 is 1. The summed E-state index contributed by atoms with van der Waals surface area (Å²) in [5.74, 6) is 1.60. The summed E-state index contributed by atoms with van der Waals surface area (Å²) in [6.45, 7) is 0.985. The molecule has 4 nitrogen and oxygen atoms in total. The van der Waals surface area contributed by atoms with Crippen LogP contribution < -0.4 is 14.2 Å². The average Bonchev–Trinajstić information content (AvgIpc) is 2.27. The fourth-order valence-electron chi connectivity index (χ4n) is 1.37. The number of nitrogens with zero attached hydrogens (tertiary/aromatic N) is 1. The van der Waals surface area contributed by atoms with Gasteiger partial charge in [-0.15, -0.1) is 0 Å². The Bertz CT molecular complexity index is 395. The highest BCUT2D eigenvalue weighted by Gasteiger charge is 2.19. The van der Waals surface area contributed by atoms with Gasteiger partial charge in [-0.1, -0.05) is 0 Å². The van der Waals surface area contributed by atoms with Crippen LogP contribution in [0, 0.1) is 11.3 Å². The lowest BCUT2D eigenvalue weighted by Crippen LogP contribution is -2.16. The van der Waals surface area contributed by atoms with Gasteiger partial charge in [0.25, 0.3) is 0 Å². The zero-order chi connectivity index (χ0) is 9.97. The van der Waals surface area contributed by atoms with E-state index in [1.54, 1.807) is 12.1 Å². The first-order valence-corrected chi connectivity index (χ1v) is 4.23. The normalized spacial score (nSPS) is 13.1. The highest BCUT2D eigenvalue weighted by atomic mass is 16.6. The molecule has 4 heteroatoms. The lowest BCUT2D eigenvalue weighted by atomic mass is 10.1. The van der Waals surface area contributed by atoms with Crippen LogP contribution in [0.4, 0.5) is 0 Å². The molecule has 0 fully saturated rings. The summed E-state index contributed by atoms with van der Waals surface area (Å²) in [5, 5.41) is 8.94. The quantitative estimate of drug-likeness (QED) is 0.672. The van der Waals surface area contributed by atoms with Gasteiger partial charge in [-0.05, 0) is 12.1 Å². The molecule has 1 heterocycles. The van der Waals surface area contributed by atoms with Gasteiger partial charge in [0, 0.05) is 0 Å². The number of ether oxygens (including phenoxy) is 3. The van der Waals surface area contributed by atoms with Gasteiger partial charge in [0.2, 0.25) is 0 Å². The van der Waals surface area contributed by atoms with Crippen molar-refractivity contribution in [1.29, 1.82) is 5.26 Å². The first-order chi connectivity index (χ1) is 6.86. The SMILES string of the molecule is COc1ccc2c(c1C#N)OCCO2. The van der Waals surface area contributed by atoms with Gasteiger partial charge in [0.15, 0.2) is 11.5 Å². The molecule has 1 aliphatic heterocycles. The van der Waals surface area contributed by atoms with Crippen molar-refractivity contribution in [3.8, 4) is 23.3 Å². The molecule has 2 rings (SSSR count). The molecular formula is C10H9NO3. The molecule has 0 bridgehead atoms. The van der Waals surface area contributed by atoms with Crippen molar-refractivity contribution in [3.05, 3.63) is 17.7 Å². The monoisotopic (exact) mass is 191 g/mol. The summed E-state index contributed by atoms with van der Waals surface area (Å²) in [4.78, 5) is 0. The van der Waals surface area contributed by atoms with Crippen LogP contribution in [-0.2, 0) is 0 Å². The molecular weight excluding hydrogens is 182 g/mol. The third-order valence-electron chi connectivity index (χ3n) is 2.00. The van der Waals surface area contributed by atoms with Gasteiger partial charge in [-0.2, -0.15) is 5.26 Å². The minimum atomic E-state index is 0.393. The maximum atomic E-state index is 8.94. The van der Waals surface area contributed by atoms with E-state index >= 15 is 0 Å². The van der Waals surface area contributed by atoms with Crippen LogP contribution in [0.3, 0.4) is 0 Å². The molecule has 0 spiro atoms. The molecule has 72 valence electrons. The molecule has 0 aromatic heterocycles. The second kappa shape index (κ2) is 3.46. The van der Waals surface area contributed by atoms with Crippen molar-refractivity contribution < 1.29 is 14.2 Å². The van der Waals surface area contributed by atoms with E-state index in [0.29, 0.717) is 36.0 Å². The van der Waals surface area contributed by atoms with Gasteiger partial charge in [0.1, 0.15) is 30.6 Å². The third kappa shape index (κ3) is 1.23. The largest absolute Gasteiger partial charge is 0.495 e. The number of rotatable bonds is 1. The molecule has 0 amide bonds. The van der Waals surface area contributed by atoms with Gasteiger partial charge in [-0.3, -0.25) is 0 Å². The Morgan fingerprint density at radius 3 is 2.86 bits per heavy atom. The number of hydrogen-bond acceptors (Lipinski definition) is 4. The van der Waals surface area contributed by atoms with Gasteiger partial charge >= 0.3 is 0 Å². The summed E-state index contributed by atoms with van der Waals surface area (Å²) < 4.78 is 15.7. The van der Waals surface area contributed by atoms with Gasteiger partial charge in [-0.25, -0.2) is 0 Å². The summed E-state index contributed by atoms with van der Waals surface area (Å²) in [5.41, 5.74) is 0.393. The van der Waals surface area contributed by atoms with E-state index in [1.807, 2.05) is 6.07 Å². The Morgan fingerprint density at radius 1 is 1.36 bits per heavy atom. The van der Waals surface area contributed by atoms with Crippen molar-refractivity contribution >= 4 is 0 Å². The van der Waals surface area contributed by atoms with Gasteiger partial charge in [0.05, 0.1) is 7.11 Å². The Balaban J connectivity index is 2.57. The van der Waals surface area contributed by atoms with E-state index in [0.717, 1.165) is 0 Å². The number of hydrogen-bond donors (Lipinski definition) is 0. The summed E-state index contributed by atoms with van der Waals surface area (Å²) in [6, 6.07) is 5.49. The maximum absolute atomic E-state index is 8.94. The topological polar surface area (TPSA) is 51.5 Å². The van der Waals surface area contributed by atoms with Gasteiger partial charge < -0.3 is 14.2 Å². The second-order valence-corrected chi connectivity index (χ2v) is 2.78. The van der Waals surface area contributed by atoms with E-state index in [1.165, 1.54) is 7.11 Å². The Morgan fingerprint density at radius 2 is 2.14 bits per heavy atom. The molecule has 1 aromatic carbocycles. The second-order valence-electron chi connectivity index (χ2n) is 2.78. The zero-order valence-electron chi connectivity index (χ0n) is 7.74. The molecule has 14 heavy (non-hydrogen) atoms. The van der Waals surface area contributed by atoms with E-state index in [4.69, 9.17) is 19.5 Å². The Labute approximate surface area is 81.6 Å². The Hall–Kier alpha value is -1.89. The molecule has 0 saturated carbocycles. The predicted octanol–water partition coefficient (Wildman–Crippen LogP) is 1.34. The van der Waals surface area contributed by atoms with Crippen LogP contribution in [0.5, 0.6) is 17.2 Å². The van der Waals surface area contributed by atoms with Crippen LogP contribution in [-0.4, -0.2) is 20.3 Å². The molecule has 0 atom stereocenters. The van der Waals surface area contributed by atoms with Crippen LogP contribution in [0.15, 0.2) is 12.1 Å². The van der Waals surface area contributed by atoms with E-state index in [9.17, 15) is 0 Å². The molecule has 0 unspecified atom stereocenters. The van der Waals surface area contributed by atoms with Crippen molar-refractivity contribution in [1.82, 2.24) is 0 Å². The fraction of sp³-hybridized carbons (Fsp3) is 0.300. The standard InChI is InChI=1S/C10H9NO3/c1-12-8-2-3-9-10(7(8)6-11)14-5-4-13-9/h2-3H,4-5H2,1H3. The van der Waals surface area contributed by atoms with Crippen LogP contribution in [0.25, 0.3) is 0 Å². The van der Waals surface area contributed by atoms with E-state index in [-0.39, 0.29) is 0 Å². The number of fused-ring (bicyclic) bond motifs is 1. The predicted molar refractivity (Wildman–Crippen MR) is 48.7 cm³/mol. The number of nitriles is 1. The van der Waals surface area contributed by atoms with Crippen molar-refractivity contribution in [3.63, 3.8) is 0 Å². The maximum Gasteiger partial charge on any atom is 0.182 e. The molecule has 0 radical (unpaired) electrons. The molecule has 0 N–H and O–H groups in total. The highest BCUT2D eigenvalue weighted by Crippen LogP contribution is 2.38. The van der Waals surface area contributed by atoms with Crippen molar-refractivity contribution in [2.45, 2.75) is 0 Å². The zero-order valence-corrected chi connectivity index (χ0v) is 7.74. The summed E-state index contributed by atoms with van der Waals surface area (Å²) in [6.07, 6.45) is 0. The minimum absolute atomic E-state index is 0.393. The highest BCUT2D eigenvalue weighted by molar-refractivity contribution is 5.60. The lowest BCUT2D eigenvalue weighted by Gasteiger charge is -2.19. The van der Waals surface area contributed by atoms with Crippen LogP contribution in [0.2, 0.25) is 0 Å². The first kappa shape index (κ1) is 8.70.